The van der Waals surface area contributed by atoms with Gasteiger partial charge < -0.3 is 5.11 Å². The van der Waals surface area contributed by atoms with Crippen molar-refractivity contribution in [2.75, 3.05) is 0 Å². The van der Waals surface area contributed by atoms with Gasteiger partial charge in [0.2, 0.25) is 0 Å². The van der Waals surface area contributed by atoms with Crippen LogP contribution in [0.1, 0.15) is 5.56 Å². The number of benzene rings is 1. The van der Waals surface area contributed by atoms with Gasteiger partial charge in [0, 0.05) is 5.56 Å². The SMILES string of the molecule is Cc1c(O)cccc1-n1c(=O)[nH][nH]c1=O. The first-order valence-electron chi connectivity index (χ1n) is 4.30. The molecule has 3 N–H and O–H groups in total. The fourth-order valence-corrected chi connectivity index (χ4v) is 1.38. The van der Waals surface area contributed by atoms with Gasteiger partial charge >= 0.3 is 11.4 Å². The number of aromatic amines is 2. The molecule has 6 nitrogen and oxygen atoms in total. The molecule has 2 rings (SSSR count). The molecule has 0 aliphatic heterocycles. The standard InChI is InChI=1S/C9H9N3O3/c1-5-6(3-2-4-7(5)13)12-8(14)10-11-9(12)15/h2-4,13H,1H3,(H,10,14)(H,11,15). The van der Waals surface area contributed by atoms with E-state index in [1.165, 1.54) is 6.07 Å². The molecule has 0 fully saturated rings. The third-order valence-electron chi connectivity index (χ3n) is 2.20. The van der Waals surface area contributed by atoms with Gasteiger partial charge in [0.25, 0.3) is 0 Å². The number of rotatable bonds is 1. The zero-order valence-electron chi connectivity index (χ0n) is 7.94. The molecule has 2 aromatic rings. The van der Waals surface area contributed by atoms with Crippen LogP contribution >= 0.6 is 0 Å². The van der Waals surface area contributed by atoms with E-state index < -0.39 is 11.4 Å². The molecule has 0 spiro atoms. The van der Waals surface area contributed by atoms with E-state index >= 15 is 0 Å². The van der Waals surface area contributed by atoms with Crippen LogP contribution in [0.2, 0.25) is 0 Å². The molecule has 0 saturated carbocycles. The van der Waals surface area contributed by atoms with Crippen LogP contribution in [0.25, 0.3) is 5.69 Å². The quantitative estimate of drug-likeness (QED) is 0.608. The second kappa shape index (κ2) is 3.16. The summed E-state index contributed by atoms with van der Waals surface area (Å²) in [6.45, 7) is 1.63. The Morgan fingerprint density at radius 1 is 1.20 bits per heavy atom. The van der Waals surface area contributed by atoms with Gasteiger partial charge in [-0.3, -0.25) is 0 Å². The van der Waals surface area contributed by atoms with Crippen molar-refractivity contribution in [3.63, 3.8) is 0 Å². The highest BCUT2D eigenvalue weighted by Crippen LogP contribution is 2.20. The summed E-state index contributed by atoms with van der Waals surface area (Å²) in [5.74, 6) is 0.0417. The largest absolute Gasteiger partial charge is 0.508 e. The van der Waals surface area contributed by atoms with Gasteiger partial charge in [0.05, 0.1) is 5.69 Å². The van der Waals surface area contributed by atoms with E-state index in [-0.39, 0.29) is 5.75 Å². The molecule has 0 aliphatic rings. The summed E-state index contributed by atoms with van der Waals surface area (Å²) in [7, 11) is 0. The lowest BCUT2D eigenvalue weighted by atomic mass is 10.2. The average Bonchev–Trinajstić information content (AvgIpc) is 2.52. The summed E-state index contributed by atoms with van der Waals surface area (Å²) in [6.07, 6.45) is 0. The first kappa shape index (κ1) is 9.32. The minimum atomic E-state index is -0.561. The Morgan fingerprint density at radius 3 is 2.40 bits per heavy atom. The maximum atomic E-state index is 11.3. The summed E-state index contributed by atoms with van der Waals surface area (Å²) in [4.78, 5) is 22.6. The van der Waals surface area contributed by atoms with Crippen LogP contribution in [-0.2, 0) is 0 Å². The Bertz CT molecular complexity index is 578. The number of hydrogen-bond acceptors (Lipinski definition) is 3. The summed E-state index contributed by atoms with van der Waals surface area (Å²) >= 11 is 0. The van der Waals surface area contributed by atoms with Crippen molar-refractivity contribution >= 4 is 0 Å². The summed E-state index contributed by atoms with van der Waals surface area (Å²) in [5.41, 5.74) is -0.283. The van der Waals surface area contributed by atoms with Crippen molar-refractivity contribution in [1.29, 1.82) is 0 Å². The first-order chi connectivity index (χ1) is 7.11. The molecular formula is C9H9N3O3. The zero-order chi connectivity index (χ0) is 11.0. The third-order valence-corrected chi connectivity index (χ3v) is 2.20. The van der Waals surface area contributed by atoms with E-state index in [4.69, 9.17) is 0 Å². The highest BCUT2D eigenvalue weighted by atomic mass is 16.3. The minimum absolute atomic E-state index is 0.0417. The van der Waals surface area contributed by atoms with E-state index in [1.807, 2.05) is 0 Å². The van der Waals surface area contributed by atoms with Crippen LogP contribution in [0.3, 0.4) is 0 Å². The topological polar surface area (TPSA) is 90.9 Å². The molecule has 0 atom stereocenters. The average molecular weight is 207 g/mol. The normalized spacial score (nSPS) is 10.5. The minimum Gasteiger partial charge on any atom is -0.508 e. The van der Waals surface area contributed by atoms with Gasteiger partial charge in [-0.2, -0.15) is 0 Å². The van der Waals surface area contributed by atoms with Gasteiger partial charge in [-0.15, -0.1) is 0 Å². The molecule has 0 radical (unpaired) electrons. The molecule has 1 aromatic heterocycles. The lowest BCUT2D eigenvalue weighted by molar-refractivity contribution is 0.470. The van der Waals surface area contributed by atoms with E-state index in [2.05, 4.69) is 10.2 Å². The van der Waals surface area contributed by atoms with Crippen molar-refractivity contribution in [2.24, 2.45) is 0 Å². The van der Waals surface area contributed by atoms with Crippen LogP contribution in [0.4, 0.5) is 0 Å². The van der Waals surface area contributed by atoms with Crippen LogP contribution in [0, 0.1) is 6.92 Å². The fourth-order valence-electron chi connectivity index (χ4n) is 1.38. The number of nitrogens with zero attached hydrogens (tertiary/aromatic N) is 1. The molecule has 0 aliphatic carbocycles. The first-order valence-corrected chi connectivity index (χ1v) is 4.30. The monoisotopic (exact) mass is 207 g/mol. The summed E-state index contributed by atoms with van der Waals surface area (Å²) < 4.78 is 0.926. The molecule has 0 bridgehead atoms. The van der Waals surface area contributed by atoms with Crippen molar-refractivity contribution in [1.82, 2.24) is 14.8 Å². The molecule has 0 amide bonds. The van der Waals surface area contributed by atoms with Crippen LogP contribution in [-0.4, -0.2) is 19.9 Å². The molecule has 0 saturated heterocycles. The molecule has 1 aromatic carbocycles. The van der Waals surface area contributed by atoms with Gasteiger partial charge in [-0.25, -0.2) is 24.4 Å². The number of H-pyrrole nitrogens is 2. The van der Waals surface area contributed by atoms with E-state index in [0.29, 0.717) is 11.3 Å². The van der Waals surface area contributed by atoms with Gasteiger partial charge in [0.1, 0.15) is 5.75 Å². The van der Waals surface area contributed by atoms with E-state index in [1.54, 1.807) is 19.1 Å². The fraction of sp³-hybridized carbons (Fsp3) is 0.111. The second-order valence-electron chi connectivity index (χ2n) is 3.12. The van der Waals surface area contributed by atoms with Gasteiger partial charge in [0.15, 0.2) is 0 Å². The van der Waals surface area contributed by atoms with Crippen molar-refractivity contribution < 1.29 is 5.11 Å². The smallest absolute Gasteiger partial charge is 0.348 e. The van der Waals surface area contributed by atoms with Crippen molar-refractivity contribution in [2.45, 2.75) is 6.92 Å². The molecule has 6 heteroatoms. The Kier molecular flexibility index (Phi) is 1.96. The molecule has 1 heterocycles. The maximum Gasteiger partial charge on any atom is 0.348 e. The van der Waals surface area contributed by atoms with Crippen molar-refractivity contribution in [3.05, 3.63) is 44.7 Å². The Labute approximate surface area is 83.8 Å². The number of phenols is 1. The molecule has 78 valence electrons. The third kappa shape index (κ3) is 1.35. The summed E-state index contributed by atoms with van der Waals surface area (Å²) in [6, 6.07) is 4.64. The lowest BCUT2D eigenvalue weighted by Gasteiger charge is -2.05. The Morgan fingerprint density at radius 2 is 1.80 bits per heavy atom. The predicted molar refractivity (Wildman–Crippen MR) is 53.4 cm³/mol. The molecule has 0 unspecified atom stereocenters. The number of hydrogen-bond donors (Lipinski definition) is 3. The van der Waals surface area contributed by atoms with Crippen LogP contribution < -0.4 is 11.4 Å². The highest BCUT2D eigenvalue weighted by Gasteiger charge is 2.10. The van der Waals surface area contributed by atoms with Gasteiger partial charge in [-0.05, 0) is 19.1 Å². The number of aromatic nitrogens is 3. The van der Waals surface area contributed by atoms with Crippen LogP contribution in [0.5, 0.6) is 5.75 Å². The predicted octanol–water partition coefficient (Wildman–Crippen LogP) is -0.132. The van der Waals surface area contributed by atoms with Crippen LogP contribution in [0.15, 0.2) is 27.8 Å². The van der Waals surface area contributed by atoms with E-state index in [9.17, 15) is 14.7 Å². The highest BCUT2D eigenvalue weighted by molar-refractivity contribution is 5.47. The number of aromatic hydroxyl groups is 1. The Hall–Kier alpha value is -2.24. The lowest BCUT2D eigenvalue weighted by Crippen LogP contribution is -2.25. The van der Waals surface area contributed by atoms with E-state index in [0.717, 1.165) is 4.57 Å². The summed E-state index contributed by atoms with van der Waals surface area (Å²) in [5, 5.41) is 13.8. The number of phenolic OH excluding ortho intramolecular Hbond substituents is 1. The number of nitrogens with one attached hydrogen (secondary N) is 2. The maximum absolute atomic E-state index is 11.3. The zero-order valence-corrected chi connectivity index (χ0v) is 7.94. The second-order valence-corrected chi connectivity index (χ2v) is 3.12. The van der Waals surface area contributed by atoms with Gasteiger partial charge in [-0.1, -0.05) is 6.07 Å². The molecular weight excluding hydrogens is 198 g/mol. The molecule has 15 heavy (non-hydrogen) atoms. The Balaban J connectivity index is 2.81. The van der Waals surface area contributed by atoms with Crippen molar-refractivity contribution in [3.8, 4) is 11.4 Å².